The second-order valence-electron chi connectivity index (χ2n) is 2.53. The molecule has 60 valence electrons. The third-order valence-electron chi connectivity index (χ3n) is 1.55. The molecule has 0 saturated heterocycles. The second-order valence-corrected chi connectivity index (χ2v) is 4.04. The highest BCUT2D eigenvalue weighted by atomic mass is 32.2. The van der Waals surface area contributed by atoms with E-state index in [1.165, 1.54) is 11.3 Å². The Kier molecular flexibility index (Phi) is 3.43. The summed E-state index contributed by atoms with van der Waals surface area (Å²) < 4.78 is 0. The van der Waals surface area contributed by atoms with E-state index in [4.69, 9.17) is 0 Å². The molecule has 0 radical (unpaired) electrons. The van der Waals surface area contributed by atoms with Gasteiger partial charge in [-0.25, -0.2) is 0 Å². The lowest BCUT2D eigenvalue weighted by atomic mass is 10.4. The molecule has 0 spiro atoms. The lowest BCUT2D eigenvalue weighted by Gasteiger charge is -2.06. The normalized spacial score (nSPS) is 12.9. The molecule has 0 aliphatic carbocycles. The minimum atomic E-state index is 0.694. The fourth-order valence-electron chi connectivity index (χ4n) is 0.732. The molecule has 1 nitrogen and oxygen atoms in total. The summed E-state index contributed by atoms with van der Waals surface area (Å²) in [7, 11) is 0. The largest absolute Gasteiger partial charge is 0.264 e. The van der Waals surface area contributed by atoms with Gasteiger partial charge in [0.05, 0.1) is 0 Å². The van der Waals surface area contributed by atoms with Gasteiger partial charge in [-0.05, 0) is 18.6 Å². The van der Waals surface area contributed by atoms with E-state index in [1.54, 1.807) is 6.20 Å². The Morgan fingerprint density at radius 3 is 3.00 bits per heavy atom. The van der Waals surface area contributed by atoms with E-state index in [-0.39, 0.29) is 0 Å². The van der Waals surface area contributed by atoms with Crippen molar-refractivity contribution in [3.05, 3.63) is 24.5 Å². The minimum Gasteiger partial charge on any atom is -0.264 e. The van der Waals surface area contributed by atoms with Gasteiger partial charge in [-0.15, -0.1) is 11.8 Å². The van der Waals surface area contributed by atoms with Gasteiger partial charge in [0, 0.05) is 22.5 Å². The Morgan fingerprint density at radius 2 is 2.45 bits per heavy atom. The van der Waals surface area contributed by atoms with Crippen LogP contribution in [-0.4, -0.2) is 10.2 Å². The molecule has 1 heterocycles. The molecule has 0 aromatic carbocycles. The number of rotatable bonds is 3. The number of thioether (sulfide) groups is 1. The first-order chi connectivity index (χ1) is 5.33. The van der Waals surface area contributed by atoms with Crippen LogP contribution in [0, 0.1) is 0 Å². The van der Waals surface area contributed by atoms with Gasteiger partial charge in [0.15, 0.2) is 0 Å². The molecule has 0 bridgehead atoms. The Balaban J connectivity index is 2.51. The highest BCUT2D eigenvalue weighted by Crippen LogP contribution is 2.23. The van der Waals surface area contributed by atoms with Gasteiger partial charge < -0.3 is 0 Å². The van der Waals surface area contributed by atoms with Crippen LogP contribution in [0.2, 0.25) is 0 Å². The number of aromatic nitrogens is 1. The van der Waals surface area contributed by atoms with Gasteiger partial charge in [-0.3, -0.25) is 4.98 Å². The highest BCUT2D eigenvalue weighted by Gasteiger charge is 1.99. The summed E-state index contributed by atoms with van der Waals surface area (Å²) >= 11 is 1.88. The third kappa shape index (κ3) is 2.93. The lowest BCUT2D eigenvalue weighted by molar-refractivity contribution is 0.905. The fraction of sp³-hybridized carbons (Fsp3) is 0.444. The molecule has 1 atom stereocenters. The van der Waals surface area contributed by atoms with E-state index < -0.39 is 0 Å². The predicted molar refractivity (Wildman–Crippen MR) is 49.8 cm³/mol. The monoisotopic (exact) mass is 167 g/mol. The van der Waals surface area contributed by atoms with Crippen molar-refractivity contribution in [3.63, 3.8) is 0 Å². The Hall–Kier alpha value is -0.500. The number of pyridine rings is 1. The van der Waals surface area contributed by atoms with Crippen LogP contribution in [0.3, 0.4) is 0 Å². The molecule has 1 rings (SSSR count). The zero-order valence-corrected chi connectivity index (χ0v) is 7.77. The summed E-state index contributed by atoms with van der Waals surface area (Å²) in [6.45, 7) is 4.44. The number of hydrogen-bond donors (Lipinski definition) is 0. The number of hydrogen-bond acceptors (Lipinski definition) is 2. The summed E-state index contributed by atoms with van der Waals surface area (Å²) in [5.41, 5.74) is 0. The van der Waals surface area contributed by atoms with Gasteiger partial charge in [0.25, 0.3) is 0 Å². The van der Waals surface area contributed by atoms with Crippen molar-refractivity contribution in [1.29, 1.82) is 0 Å². The maximum absolute atomic E-state index is 4.05. The van der Waals surface area contributed by atoms with Crippen LogP contribution in [0.4, 0.5) is 0 Å². The molecular weight excluding hydrogens is 154 g/mol. The first-order valence-electron chi connectivity index (χ1n) is 3.89. The summed E-state index contributed by atoms with van der Waals surface area (Å²) in [5, 5.41) is 0.694. The quantitative estimate of drug-likeness (QED) is 0.642. The Morgan fingerprint density at radius 1 is 1.64 bits per heavy atom. The van der Waals surface area contributed by atoms with Crippen molar-refractivity contribution in [3.8, 4) is 0 Å². The summed E-state index contributed by atoms with van der Waals surface area (Å²) in [6.07, 6.45) is 4.93. The molecular formula is C9H13NS. The molecule has 0 N–H and O–H groups in total. The third-order valence-corrected chi connectivity index (χ3v) is 2.80. The van der Waals surface area contributed by atoms with Gasteiger partial charge >= 0.3 is 0 Å². The summed E-state index contributed by atoms with van der Waals surface area (Å²) in [5.74, 6) is 0. The van der Waals surface area contributed by atoms with E-state index in [9.17, 15) is 0 Å². The van der Waals surface area contributed by atoms with Crippen molar-refractivity contribution in [1.82, 2.24) is 4.98 Å². The van der Waals surface area contributed by atoms with E-state index in [2.05, 4.69) is 24.9 Å². The maximum atomic E-state index is 4.05. The fourth-order valence-corrected chi connectivity index (χ4v) is 1.64. The van der Waals surface area contributed by atoms with E-state index in [0.29, 0.717) is 5.25 Å². The first-order valence-corrected chi connectivity index (χ1v) is 4.77. The average molecular weight is 167 g/mol. The molecule has 1 unspecified atom stereocenters. The van der Waals surface area contributed by atoms with Crippen molar-refractivity contribution < 1.29 is 0 Å². The SMILES string of the molecule is CCC(C)Sc1cccnc1. The van der Waals surface area contributed by atoms with Gasteiger partial charge in [0.2, 0.25) is 0 Å². The average Bonchev–Trinajstić information content (AvgIpc) is 2.06. The van der Waals surface area contributed by atoms with Crippen LogP contribution in [0.5, 0.6) is 0 Å². The Labute approximate surface area is 72.2 Å². The van der Waals surface area contributed by atoms with Crippen LogP contribution >= 0.6 is 11.8 Å². The second kappa shape index (κ2) is 4.39. The van der Waals surface area contributed by atoms with Gasteiger partial charge in [-0.1, -0.05) is 13.8 Å². The van der Waals surface area contributed by atoms with Crippen LogP contribution < -0.4 is 0 Å². The highest BCUT2D eigenvalue weighted by molar-refractivity contribution is 7.99. The minimum absolute atomic E-state index is 0.694. The van der Waals surface area contributed by atoms with Crippen molar-refractivity contribution in [2.24, 2.45) is 0 Å². The lowest BCUT2D eigenvalue weighted by Crippen LogP contribution is -1.91. The molecule has 0 aliphatic heterocycles. The molecule has 0 aliphatic rings. The number of nitrogens with zero attached hydrogens (tertiary/aromatic N) is 1. The van der Waals surface area contributed by atoms with Crippen LogP contribution in [0.15, 0.2) is 29.4 Å². The van der Waals surface area contributed by atoms with Crippen LogP contribution in [0.1, 0.15) is 20.3 Å². The van der Waals surface area contributed by atoms with Crippen molar-refractivity contribution >= 4 is 11.8 Å². The molecule has 11 heavy (non-hydrogen) atoms. The van der Waals surface area contributed by atoms with E-state index >= 15 is 0 Å². The zero-order chi connectivity index (χ0) is 8.10. The molecule has 2 heteroatoms. The first kappa shape index (κ1) is 8.60. The maximum Gasteiger partial charge on any atom is 0.0403 e. The zero-order valence-electron chi connectivity index (χ0n) is 6.95. The molecule has 1 aromatic heterocycles. The van der Waals surface area contributed by atoms with Gasteiger partial charge in [-0.2, -0.15) is 0 Å². The predicted octanol–water partition coefficient (Wildman–Crippen LogP) is 2.97. The summed E-state index contributed by atoms with van der Waals surface area (Å²) in [6, 6.07) is 4.08. The molecule has 0 fully saturated rings. The topological polar surface area (TPSA) is 12.9 Å². The molecule has 1 aromatic rings. The van der Waals surface area contributed by atoms with Crippen molar-refractivity contribution in [2.75, 3.05) is 0 Å². The Bertz CT molecular complexity index is 198. The van der Waals surface area contributed by atoms with Crippen molar-refractivity contribution in [2.45, 2.75) is 30.4 Å². The van der Waals surface area contributed by atoms with Crippen LogP contribution in [0.25, 0.3) is 0 Å². The van der Waals surface area contributed by atoms with Gasteiger partial charge in [0.1, 0.15) is 0 Å². The van der Waals surface area contributed by atoms with E-state index in [0.717, 1.165) is 0 Å². The van der Waals surface area contributed by atoms with E-state index in [1.807, 2.05) is 24.0 Å². The molecule has 0 saturated carbocycles. The molecule has 0 amide bonds. The smallest absolute Gasteiger partial charge is 0.0403 e. The standard InChI is InChI=1S/C9H13NS/c1-3-8(2)11-9-5-4-6-10-7-9/h4-8H,3H2,1-2H3. The summed E-state index contributed by atoms with van der Waals surface area (Å²) in [4.78, 5) is 5.32. The van der Waals surface area contributed by atoms with Crippen LogP contribution in [-0.2, 0) is 0 Å².